The monoisotopic (exact) mass is 269 g/mol. The maximum Gasteiger partial charge on any atom is 0.333 e. The van der Waals surface area contributed by atoms with Crippen molar-refractivity contribution in [1.29, 1.82) is 0 Å². The molecule has 6 nitrogen and oxygen atoms in total. The molecule has 6 heteroatoms. The number of non-ortho nitro benzene ring substituents is 1. The minimum atomic E-state index is -0.463. The van der Waals surface area contributed by atoms with Crippen LogP contribution in [0.5, 0.6) is 0 Å². The van der Waals surface area contributed by atoms with E-state index in [0.29, 0.717) is 5.69 Å². The van der Waals surface area contributed by atoms with Crippen LogP contribution in [-0.4, -0.2) is 14.1 Å². The number of hydrogen-bond donors (Lipinski definition) is 0. The van der Waals surface area contributed by atoms with Gasteiger partial charge in [0.1, 0.15) is 0 Å². The maximum atomic E-state index is 12.3. The van der Waals surface area contributed by atoms with Crippen LogP contribution in [0.1, 0.15) is 0 Å². The summed E-state index contributed by atoms with van der Waals surface area (Å²) in [6, 6.07) is 13.4. The lowest BCUT2D eigenvalue weighted by Crippen LogP contribution is -2.20. The number of rotatable bonds is 2. The van der Waals surface area contributed by atoms with Crippen LogP contribution < -0.4 is 5.69 Å². The van der Waals surface area contributed by atoms with Gasteiger partial charge >= 0.3 is 5.69 Å². The highest BCUT2D eigenvalue weighted by Gasteiger charge is 2.12. The van der Waals surface area contributed by atoms with Gasteiger partial charge in [-0.3, -0.25) is 19.2 Å². The van der Waals surface area contributed by atoms with Crippen LogP contribution in [0.4, 0.5) is 5.69 Å². The van der Waals surface area contributed by atoms with E-state index in [0.717, 1.165) is 11.0 Å². The Morgan fingerprint density at radius 2 is 1.60 bits per heavy atom. The van der Waals surface area contributed by atoms with Gasteiger partial charge in [-0.25, -0.2) is 4.79 Å². The summed E-state index contributed by atoms with van der Waals surface area (Å²) in [7, 11) is 1.70. The van der Waals surface area contributed by atoms with E-state index in [9.17, 15) is 14.9 Å². The molecule has 0 N–H and O–H groups in total. The number of aromatic nitrogens is 2. The molecule has 0 radical (unpaired) electrons. The lowest BCUT2D eigenvalue weighted by molar-refractivity contribution is -0.384. The predicted molar refractivity (Wildman–Crippen MR) is 75.2 cm³/mol. The van der Waals surface area contributed by atoms with Crippen molar-refractivity contribution in [2.24, 2.45) is 7.05 Å². The van der Waals surface area contributed by atoms with Gasteiger partial charge in [-0.15, -0.1) is 0 Å². The average molecular weight is 269 g/mol. The zero-order valence-corrected chi connectivity index (χ0v) is 10.7. The molecule has 100 valence electrons. The fourth-order valence-electron chi connectivity index (χ4n) is 2.27. The van der Waals surface area contributed by atoms with Gasteiger partial charge < -0.3 is 0 Å². The summed E-state index contributed by atoms with van der Waals surface area (Å²) in [6.07, 6.45) is 0. The molecule has 0 saturated heterocycles. The molecule has 2 aromatic carbocycles. The first kappa shape index (κ1) is 12.2. The van der Waals surface area contributed by atoms with Crippen molar-refractivity contribution in [3.8, 4) is 5.69 Å². The smallest absolute Gasteiger partial charge is 0.295 e. The normalized spacial score (nSPS) is 10.8. The Balaban J connectivity index is 2.27. The summed E-state index contributed by atoms with van der Waals surface area (Å²) in [4.78, 5) is 22.5. The van der Waals surface area contributed by atoms with Gasteiger partial charge in [-0.1, -0.05) is 12.1 Å². The van der Waals surface area contributed by atoms with Gasteiger partial charge in [0.15, 0.2) is 0 Å². The van der Waals surface area contributed by atoms with Crippen molar-refractivity contribution in [1.82, 2.24) is 9.13 Å². The lowest BCUT2D eigenvalue weighted by atomic mass is 10.2. The van der Waals surface area contributed by atoms with Gasteiger partial charge in [-0.2, -0.15) is 0 Å². The molecule has 3 rings (SSSR count). The number of nitrogens with zero attached hydrogens (tertiary/aromatic N) is 3. The largest absolute Gasteiger partial charge is 0.333 e. The van der Waals surface area contributed by atoms with Crippen molar-refractivity contribution in [2.75, 3.05) is 0 Å². The zero-order chi connectivity index (χ0) is 14.3. The SMILES string of the molecule is Cn1c(=O)n(-c2ccc([N+](=O)[O-])cc2)c2ccccc21. The molecule has 3 aromatic rings. The number of fused-ring (bicyclic) bond motifs is 1. The Kier molecular flexibility index (Phi) is 2.64. The van der Waals surface area contributed by atoms with Crippen LogP contribution in [0.2, 0.25) is 0 Å². The Morgan fingerprint density at radius 1 is 1.00 bits per heavy atom. The van der Waals surface area contributed by atoms with Crippen molar-refractivity contribution >= 4 is 16.7 Å². The molecular weight excluding hydrogens is 258 g/mol. The molecule has 0 amide bonds. The molecule has 0 aliphatic rings. The van der Waals surface area contributed by atoms with Crippen LogP contribution in [0.15, 0.2) is 53.3 Å². The first-order valence-electron chi connectivity index (χ1n) is 6.01. The molecule has 0 saturated carbocycles. The highest BCUT2D eigenvalue weighted by Crippen LogP contribution is 2.19. The van der Waals surface area contributed by atoms with E-state index in [4.69, 9.17) is 0 Å². The van der Waals surface area contributed by atoms with Gasteiger partial charge in [-0.05, 0) is 24.3 Å². The molecular formula is C14H11N3O3. The first-order chi connectivity index (χ1) is 9.59. The Hall–Kier alpha value is -2.89. The van der Waals surface area contributed by atoms with Crippen molar-refractivity contribution in [3.63, 3.8) is 0 Å². The molecule has 0 fully saturated rings. The van der Waals surface area contributed by atoms with Crippen LogP contribution in [0.25, 0.3) is 16.7 Å². The molecule has 20 heavy (non-hydrogen) atoms. The first-order valence-corrected chi connectivity index (χ1v) is 6.01. The minimum absolute atomic E-state index is 0.00188. The van der Waals surface area contributed by atoms with Crippen LogP contribution in [0.3, 0.4) is 0 Å². The molecule has 0 spiro atoms. The molecule has 0 atom stereocenters. The van der Waals surface area contributed by atoms with E-state index in [1.165, 1.54) is 12.1 Å². The second-order valence-electron chi connectivity index (χ2n) is 4.44. The van der Waals surface area contributed by atoms with E-state index < -0.39 is 4.92 Å². The number of hydrogen-bond acceptors (Lipinski definition) is 3. The predicted octanol–water partition coefficient (Wildman–Crippen LogP) is 2.24. The lowest BCUT2D eigenvalue weighted by Gasteiger charge is -2.02. The van der Waals surface area contributed by atoms with Gasteiger partial charge in [0.05, 0.1) is 21.6 Å². The quantitative estimate of drug-likeness (QED) is 0.529. The standard InChI is InChI=1S/C14H11N3O3/c1-15-12-4-2-3-5-13(12)16(14(15)18)10-6-8-11(9-7-10)17(19)20/h2-9H,1H3. The third kappa shape index (κ3) is 1.70. The minimum Gasteiger partial charge on any atom is -0.295 e. The number of aryl methyl sites for hydroxylation is 1. The zero-order valence-electron chi connectivity index (χ0n) is 10.7. The van der Waals surface area contributed by atoms with Crippen molar-refractivity contribution < 1.29 is 4.92 Å². The van der Waals surface area contributed by atoms with Crippen molar-refractivity contribution in [3.05, 3.63) is 69.1 Å². The summed E-state index contributed by atoms with van der Waals surface area (Å²) in [5, 5.41) is 10.7. The Morgan fingerprint density at radius 3 is 2.20 bits per heavy atom. The molecule has 0 bridgehead atoms. The fraction of sp³-hybridized carbons (Fsp3) is 0.0714. The van der Waals surface area contributed by atoms with E-state index in [-0.39, 0.29) is 11.4 Å². The maximum absolute atomic E-state index is 12.3. The Labute approximate surface area is 113 Å². The number of nitro benzene ring substituents is 1. The molecule has 1 heterocycles. The molecule has 0 unspecified atom stereocenters. The molecule has 0 aliphatic carbocycles. The summed E-state index contributed by atoms with van der Waals surface area (Å²) >= 11 is 0. The highest BCUT2D eigenvalue weighted by atomic mass is 16.6. The van der Waals surface area contributed by atoms with Gasteiger partial charge in [0.2, 0.25) is 0 Å². The van der Waals surface area contributed by atoms with Crippen molar-refractivity contribution in [2.45, 2.75) is 0 Å². The summed E-state index contributed by atoms with van der Waals surface area (Å²) in [6.45, 7) is 0. The summed E-state index contributed by atoms with van der Waals surface area (Å²) in [5.74, 6) is 0. The van der Waals surface area contributed by atoms with Crippen LogP contribution in [0, 0.1) is 10.1 Å². The third-order valence-corrected chi connectivity index (χ3v) is 3.28. The third-order valence-electron chi connectivity index (χ3n) is 3.28. The summed E-state index contributed by atoms with van der Waals surface area (Å²) < 4.78 is 3.09. The number of imidazole rings is 1. The molecule has 0 aliphatic heterocycles. The number of para-hydroxylation sites is 2. The summed E-state index contributed by atoms with van der Waals surface area (Å²) in [5.41, 5.74) is 2.02. The topological polar surface area (TPSA) is 70.1 Å². The number of nitro groups is 1. The number of benzene rings is 2. The average Bonchev–Trinajstić information content (AvgIpc) is 2.72. The van der Waals surface area contributed by atoms with E-state index in [2.05, 4.69) is 0 Å². The molecule has 1 aromatic heterocycles. The van der Waals surface area contributed by atoms with Crippen LogP contribution in [-0.2, 0) is 7.05 Å². The van der Waals surface area contributed by atoms with E-state index >= 15 is 0 Å². The second kappa shape index (κ2) is 4.34. The second-order valence-corrected chi connectivity index (χ2v) is 4.44. The van der Waals surface area contributed by atoms with E-state index in [1.54, 1.807) is 28.3 Å². The van der Waals surface area contributed by atoms with E-state index in [1.807, 2.05) is 24.3 Å². The van der Waals surface area contributed by atoms with Crippen LogP contribution >= 0.6 is 0 Å². The van der Waals surface area contributed by atoms with Gasteiger partial charge in [0, 0.05) is 19.2 Å². The van der Waals surface area contributed by atoms with Gasteiger partial charge in [0.25, 0.3) is 5.69 Å². The Bertz CT molecular complexity index is 859. The fourth-order valence-corrected chi connectivity index (χ4v) is 2.27. The highest BCUT2D eigenvalue weighted by molar-refractivity contribution is 5.78.